The number of unbranched alkanes of at least 4 members (excludes halogenated alkanes) is 22. The number of esters is 2. The van der Waals surface area contributed by atoms with Crippen LogP contribution in [-0.4, -0.2) is 59.9 Å². The molecular formula is C45H82NO10P. The second-order valence-corrected chi connectivity index (χ2v) is 16.6. The first-order valence-electron chi connectivity index (χ1n) is 22.5. The molecule has 0 aliphatic carbocycles. The van der Waals surface area contributed by atoms with Gasteiger partial charge in [-0.05, 0) is 51.4 Å². The van der Waals surface area contributed by atoms with Crippen LogP contribution in [0.2, 0.25) is 0 Å². The van der Waals surface area contributed by atoms with Crippen LogP contribution >= 0.6 is 7.82 Å². The first-order valence-corrected chi connectivity index (χ1v) is 24.0. The molecule has 0 aromatic carbocycles. The number of phosphoric acid groups is 1. The number of rotatable bonds is 42. The number of hydrogen-bond acceptors (Lipinski definition) is 9. The summed E-state index contributed by atoms with van der Waals surface area (Å²) in [5, 5.41) is 8.89. The Morgan fingerprint density at radius 2 is 0.930 bits per heavy atom. The largest absolute Gasteiger partial charge is 0.480 e. The van der Waals surface area contributed by atoms with Crippen LogP contribution in [0.5, 0.6) is 0 Å². The molecule has 11 nitrogen and oxygen atoms in total. The number of carbonyl (C=O) groups is 3. The highest BCUT2D eigenvalue weighted by Gasteiger charge is 2.28. The standard InChI is InChI=1S/C45H82NO10P/c1-3-5-7-9-11-13-15-17-19-20-21-22-23-25-27-29-31-33-35-37-44(48)56-41(39-54-57(51,52)55-40-42(46)45(49)50)38-53-43(47)36-34-32-30-28-26-24-18-16-14-12-10-8-6-4-2/h11,13,17,19,21-22,41-42H,3-10,12,14-16,18,20,23-40,46H2,1-2H3,(H,49,50)(H,51,52)/b13-11-,19-17-,22-21-/t41-,42+/m1/s1. The van der Waals surface area contributed by atoms with E-state index in [-0.39, 0.29) is 19.4 Å². The molecule has 0 amide bonds. The van der Waals surface area contributed by atoms with E-state index < -0.39 is 51.1 Å². The van der Waals surface area contributed by atoms with Gasteiger partial charge in [0.05, 0.1) is 13.2 Å². The van der Waals surface area contributed by atoms with Crippen molar-refractivity contribution in [3.05, 3.63) is 36.5 Å². The van der Waals surface area contributed by atoms with Crippen LogP contribution in [-0.2, 0) is 37.5 Å². The molecule has 1 unspecified atom stereocenters. The maximum absolute atomic E-state index is 12.6. The second-order valence-electron chi connectivity index (χ2n) is 15.2. The summed E-state index contributed by atoms with van der Waals surface area (Å²) in [5.41, 5.74) is 5.33. The van der Waals surface area contributed by atoms with E-state index in [1.165, 1.54) is 89.9 Å². The van der Waals surface area contributed by atoms with Crippen LogP contribution in [0.3, 0.4) is 0 Å². The maximum Gasteiger partial charge on any atom is 0.472 e. The third kappa shape index (κ3) is 40.3. The van der Waals surface area contributed by atoms with Gasteiger partial charge in [0.2, 0.25) is 0 Å². The Morgan fingerprint density at radius 3 is 1.42 bits per heavy atom. The number of aliphatic carboxylic acids is 1. The van der Waals surface area contributed by atoms with E-state index >= 15 is 0 Å². The highest BCUT2D eigenvalue weighted by Crippen LogP contribution is 2.43. The van der Waals surface area contributed by atoms with Crippen LogP contribution in [0.1, 0.15) is 200 Å². The van der Waals surface area contributed by atoms with E-state index in [1.54, 1.807) is 0 Å². The summed E-state index contributed by atoms with van der Waals surface area (Å²) in [6, 6.07) is -1.52. The van der Waals surface area contributed by atoms with Gasteiger partial charge < -0.3 is 25.2 Å². The van der Waals surface area contributed by atoms with Gasteiger partial charge in [0.15, 0.2) is 6.10 Å². The molecule has 12 heteroatoms. The molecule has 332 valence electrons. The van der Waals surface area contributed by atoms with Gasteiger partial charge in [-0.3, -0.25) is 23.4 Å². The van der Waals surface area contributed by atoms with Gasteiger partial charge in [-0.15, -0.1) is 0 Å². The lowest BCUT2D eigenvalue weighted by atomic mass is 10.0. The van der Waals surface area contributed by atoms with Crippen LogP contribution in [0, 0.1) is 0 Å². The lowest BCUT2D eigenvalue weighted by molar-refractivity contribution is -0.161. The quantitative estimate of drug-likeness (QED) is 0.0231. The Labute approximate surface area is 346 Å². The molecule has 0 aliphatic heterocycles. The monoisotopic (exact) mass is 828 g/mol. The minimum atomic E-state index is -4.72. The fourth-order valence-electron chi connectivity index (χ4n) is 6.07. The summed E-state index contributed by atoms with van der Waals surface area (Å²) < 4.78 is 32.7. The Morgan fingerprint density at radius 1 is 0.544 bits per heavy atom. The van der Waals surface area contributed by atoms with E-state index in [0.29, 0.717) is 12.8 Å². The van der Waals surface area contributed by atoms with Crippen LogP contribution in [0.15, 0.2) is 36.5 Å². The van der Waals surface area contributed by atoms with Crippen molar-refractivity contribution in [2.24, 2.45) is 5.73 Å². The third-order valence-electron chi connectivity index (χ3n) is 9.64. The van der Waals surface area contributed by atoms with Crippen molar-refractivity contribution in [1.82, 2.24) is 0 Å². The minimum absolute atomic E-state index is 0.148. The second kappa shape index (κ2) is 40.5. The van der Waals surface area contributed by atoms with Crippen LogP contribution in [0.4, 0.5) is 0 Å². The van der Waals surface area contributed by atoms with Gasteiger partial charge in [-0.25, -0.2) is 4.57 Å². The Bertz CT molecular complexity index is 1110. The summed E-state index contributed by atoms with van der Waals surface area (Å²) in [5.74, 6) is -2.39. The molecule has 57 heavy (non-hydrogen) atoms. The normalized spacial score (nSPS) is 14.0. The molecule has 0 saturated heterocycles. The molecule has 4 N–H and O–H groups in total. The average Bonchev–Trinajstić information content (AvgIpc) is 3.19. The molecule has 0 fully saturated rings. The Balaban J connectivity index is 4.36. The topological polar surface area (TPSA) is 172 Å². The summed E-state index contributed by atoms with van der Waals surface area (Å²) >= 11 is 0. The number of phosphoric ester groups is 1. The van der Waals surface area contributed by atoms with Crippen molar-refractivity contribution < 1.29 is 47.5 Å². The molecule has 0 heterocycles. The fraction of sp³-hybridized carbons (Fsp3) is 0.800. The first-order chi connectivity index (χ1) is 27.6. The zero-order chi connectivity index (χ0) is 42.1. The van der Waals surface area contributed by atoms with Gasteiger partial charge >= 0.3 is 25.7 Å². The molecule has 0 radical (unpaired) electrons. The van der Waals surface area contributed by atoms with Crippen molar-refractivity contribution in [2.45, 2.75) is 212 Å². The summed E-state index contributed by atoms with van der Waals surface area (Å²) in [6.45, 7) is 2.77. The molecule has 0 aromatic heterocycles. The summed E-state index contributed by atoms with van der Waals surface area (Å²) in [4.78, 5) is 46.0. The maximum atomic E-state index is 12.6. The van der Waals surface area contributed by atoms with Crippen molar-refractivity contribution in [1.29, 1.82) is 0 Å². The zero-order valence-corrected chi connectivity index (χ0v) is 36.8. The van der Waals surface area contributed by atoms with Gasteiger partial charge in [-0.2, -0.15) is 0 Å². The number of carboxylic acid groups (broad SMARTS) is 1. The van der Waals surface area contributed by atoms with Crippen molar-refractivity contribution in [3.8, 4) is 0 Å². The van der Waals surface area contributed by atoms with Gasteiger partial charge in [0, 0.05) is 12.8 Å². The molecule has 0 saturated carbocycles. The SMILES string of the molecule is CCCCC/C=C\C/C=C\C/C=C\CCCCCCCCC(=O)O[C@H](COC(=O)CCCCCCCCCCCCCCCC)COP(=O)(O)OC[C@H](N)C(=O)O. The predicted molar refractivity (Wildman–Crippen MR) is 231 cm³/mol. The van der Waals surface area contributed by atoms with E-state index in [4.69, 9.17) is 24.8 Å². The molecule has 0 bridgehead atoms. The number of nitrogens with two attached hydrogens (primary N) is 1. The number of carbonyl (C=O) groups excluding carboxylic acids is 2. The first kappa shape index (κ1) is 54.7. The third-order valence-corrected chi connectivity index (χ3v) is 10.6. The minimum Gasteiger partial charge on any atom is -0.480 e. The van der Waals surface area contributed by atoms with E-state index in [9.17, 15) is 23.8 Å². The smallest absolute Gasteiger partial charge is 0.472 e. The predicted octanol–water partition coefficient (Wildman–Crippen LogP) is 12.0. The highest BCUT2D eigenvalue weighted by atomic mass is 31.2. The Kier molecular flexibility index (Phi) is 38.8. The van der Waals surface area contributed by atoms with E-state index in [1.807, 2.05) is 0 Å². The van der Waals surface area contributed by atoms with Crippen LogP contribution in [0.25, 0.3) is 0 Å². The number of hydrogen-bond donors (Lipinski definition) is 3. The number of ether oxygens (including phenoxy) is 2. The lowest BCUT2D eigenvalue weighted by Crippen LogP contribution is -2.34. The molecule has 0 rings (SSSR count). The molecule has 3 atom stereocenters. The van der Waals surface area contributed by atoms with Crippen molar-refractivity contribution in [2.75, 3.05) is 19.8 Å². The summed E-state index contributed by atoms with van der Waals surface area (Å²) in [6.07, 6.45) is 43.4. The van der Waals surface area contributed by atoms with E-state index in [0.717, 1.165) is 70.6 Å². The van der Waals surface area contributed by atoms with Gasteiger partial charge in [-0.1, -0.05) is 172 Å². The van der Waals surface area contributed by atoms with Crippen molar-refractivity contribution >= 4 is 25.7 Å². The van der Waals surface area contributed by atoms with Crippen LogP contribution < -0.4 is 5.73 Å². The lowest BCUT2D eigenvalue weighted by Gasteiger charge is -2.20. The zero-order valence-electron chi connectivity index (χ0n) is 35.9. The summed E-state index contributed by atoms with van der Waals surface area (Å²) in [7, 11) is -4.72. The van der Waals surface area contributed by atoms with Crippen molar-refractivity contribution in [3.63, 3.8) is 0 Å². The fourth-order valence-corrected chi connectivity index (χ4v) is 6.85. The molecular weight excluding hydrogens is 745 g/mol. The van der Waals surface area contributed by atoms with E-state index in [2.05, 4.69) is 54.8 Å². The van der Waals surface area contributed by atoms with Gasteiger partial charge in [0.1, 0.15) is 12.6 Å². The number of carboxylic acids is 1. The highest BCUT2D eigenvalue weighted by molar-refractivity contribution is 7.47. The number of allylic oxidation sites excluding steroid dienone is 6. The molecule has 0 aliphatic rings. The average molecular weight is 828 g/mol. The Hall–Kier alpha value is -2.30. The molecule has 0 spiro atoms. The molecule has 0 aromatic rings. The van der Waals surface area contributed by atoms with Gasteiger partial charge in [0.25, 0.3) is 0 Å².